The molecule has 1 unspecified atom stereocenters. The highest BCUT2D eigenvalue weighted by Gasteiger charge is 2.15. The van der Waals surface area contributed by atoms with E-state index in [1.54, 1.807) is 0 Å². The van der Waals surface area contributed by atoms with Crippen LogP contribution in [0.3, 0.4) is 0 Å². The van der Waals surface area contributed by atoms with Gasteiger partial charge in [-0.25, -0.2) is 0 Å². The van der Waals surface area contributed by atoms with Gasteiger partial charge in [-0.2, -0.15) is 0 Å². The molecule has 1 atom stereocenters. The number of ether oxygens (including phenoxy) is 1. The van der Waals surface area contributed by atoms with E-state index in [-0.39, 0.29) is 5.97 Å². The molecule has 0 spiro atoms. The third-order valence-corrected chi connectivity index (χ3v) is 2.80. The summed E-state index contributed by atoms with van der Waals surface area (Å²) in [6.45, 7) is 11.8. The fraction of sp³-hybridized carbons (Fsp3) is 0.933. The van der Waals surface area contributed by atoms with Crippen molar-refractivity contribution in [2.24, 2.45) is 11.3 Å². The van der Waals surface area contributed by atoms with Gasteiger partial charge in [0.15, 0.2) is 0 Å². The summed E-state index contributed by atoms with van der Waals surface area (Å²) >= 11 is 0. The van der Waals surface area contributed by atoms with Gasteiger partial charge in [0.05, 0.1) is 6.61 Å². The lowest BCUT2D eigenvalue weighted by molar-refractivity contribution is -0.143. The van der Waals surface area contributed by atoms with Crippen molar-refractivity contribution in [3.63, 3.8) is 0 Å². The SMILES string of the molecule is CCCCOC(=O)CCCC(C)CC(C)(C)C. The van der Waals surface area contributed by atoms with Gasteiger partial charge in [-0.15, -0.1) is 0 Å². The van der Waals surface area contributed by atoms with Crippen LogP contribution in [-0.4, -0.2) is 12.6 Å². The molecule has 0 aliphatic rings. The normalized spacial score (nSPS) is 13.5. The maximum atomic E-state index is 11.4. The Kier molecular flexibility index (Phi) is 8.28. The van der Waals surface area contributed by atoms with Gasteiger partial charge < -0.3 is 4.74 Å². The van der Waals surface area contributed by atoms with Crippen LogP contribution in [0, 0.1) is 11.3 Å². The number of hydrogen-bond donors (Lipinski definition) is 0. The molecule has 0 aliphatic heterocycles. The highest BCUT2D eigenvalue weighted by Crippen LogP contribution is 2.26. The van der Waals surface area contributed by atoms with Crippen LogP contribution in [0.25, 0.3) is 0 Å². The zero-order valence-corrected chi connectivity index (χ0v) is 12.3. The van der Waals surface area contributed by atoms with Crippen molar-refractivity contribution in [1.29, 1.82) is 0 Å². The van der Waals surface area contributed by atoms with Gasteiger partial charge in [-0.3, -0.25) is 4.79 Å². The molecule has 2 nitrogen and oxygen atoms in total. The zero-order chi connectivity index (χ0) is 13.3. The molecule has 2 heteroatoms. The topological polar surface area (TPSA) is 26.3 Å². The molecular formula is C15H30O2. The molecule has 0 saturated heterocycles. The summed E-state index contributed by atoms with van der Waals surface area (Å²) in [4.78, 5) is 11.4. The van der Waals surface area contributed by atoms with Crippen LogP contribution in [-0.2, 0) is 9.53 Å². The smallest absolute Gasteiger partial charge is 0.305 e. The van der Waals surface area contributed by atoms with E-state index in [1.807, 2.05) is 0 Å². The quantitative estimate of drug-likeness (QED) is 0.460. The average molecular weight is 242 g/mol. The van der Waals surface area contributed by atoms with Crippen molar-refractivity contribution in [3.05, 3.63) is 0 Å². The van der Waals surface area contributed by atoms with Crippen molar-refractivity contribution in [2.75, 3.05) is 6.61 Å². The fourth-order valence-corrected chi connectivity index (χ4v) is 2.14. The molecule has 17 heavy (non-hydrogen) atoms. The Morgan fingerprint density at radius 2 is 1.88 bits per heavy atom. The molecule has 102 valence electrons. The summed E-state index contributed by atoms with van der Waals surface area (Å²) in [5.41, 5.74) is 0.390. The fourth-order valence-electron chi connectivity index (χ4n) is 2.14. The number of rotatable bonds is 8. The van der Waals surface area contributed by atoms with Crippen molar-refractivity contribution in [2.45, 2.75) is 73.1 Å². The van der Waals surface area contributed by atoms with E-state index < -0.39 is 0 Å². The van der Waals surface area contributed by atoms with Gasteiger partial charge >= 0.3 is 5.97 Å². The van der Waals surface area contributed by atoms with E-state index in [9.17, 15) is 4.79 Å². The Balaban J connectivity index is 3.52. The van der Waals surface area contributed by atoms with Crippen LogP contribution < -0.4 is 0 Å². The summed E-state index contributed by atoms with van der Waals surface area (Å²) in [5, 5.41) is 0. The van der Waals surface area contributed by atoms with Crippen LogP contribution in [0.1, 0.15) is 73.1 Å². The molecular weight excluding hydrogens is 212 g/mol. The van der Waals surface area contributed by atoms with Crippen LogP contribution >= 0.6 is 0 Å². The minimum atomic E-state index is -0.0265. The Morgan fingerprint density at radius 3 is 2.41 bits per heavy atom. The second-order valence-electron chi connectivity index (χ2n) is 6.34. The number of hydrogen-bond acceptors (Lipinski definition) is 2. The van der Waals surface area contributed by atoms with Gasteiger partial charge in [0.1, 0.15) is 0 Å². The van der Waals surface area contributed by atoms with Gasteiger partial charge in [-0.1, -0.05) is 47.5 Å². The summed E-state index contributed by atoms with van der Waals surface area (Å²) in [7, 11) is 0. The van der Waals surface area contributed by atoms with E-state index in [4.69, 9.17) is 4.74 Å². The van der Waals surface area contributed by atoms with E-state index >= 15 is 0 Å². The Morgan fingerprint density at radius 1 is 1.24 bits per heavy atom. The zero-order valence-electron chi connectivity index (χ0n) is 12.3. The highest BCUT2D eigenvalue weighted by molar-refractivity contribution is 5.69. The average Bonchev–Trinajstić information content (AvgIpc) is 2.15. The molecule has 0 amide bonds. The molecule has 0 rings (SSSR count). The molecule has 0 saturated carbocycles. The third-order valence-electron chi connectivity index (χ3n) is 2.80. The lowest BCUT2D eigenvalue weighted by Crippen LogP contribution is -2.12. The van der Waals surface area contributed by atoms with Crippen molar-refractivity contribution in [1.82, 2.24) is 0 Å². The number of carbonyl (C=O) groups is 1. The lowest BCUT2D eigenvalue weighted by atomic mass is 9.83. The first-order valence-electron chi connectivity index (χ1n) is 7.00. The van der Waals surface area contributed by atoms with Crippen molar-refractivity contribution < 1.29 is 9.53 Å². The molecule has 0 N–H and O–H groups in total. The molecule has 0 aliphatic carbocycles. The first-order valence-corrected chi connectivity index (χ1v) is 7.00. The van der Waals surface area contributed by atoms with Gasteiger partial charge in [0.2, 0.25) is 0 Å². The lowest BCUT2D eigenvalue weighted by Gasteiger charge is -2.23. The van der Waals surface area contributed by atoms with E-state index in [2.05, 4.69) is 34.6 Å². The molecule has 0 aromatic heterocycles. The summed E-state index contributed by atoms with van der Waals surface area (Å²) in [5.74, 6) is 0.667. The standard InChI is InChI=1S/C15H30O2/c1-6-7-11-17-14(16)10-8-9-13(2)12-15(3,4)5/h13H,6-12H2,1-5H3. The number of esters is 1. The first-order chi connectivity index (χ1) is 7.85. The maximum absolute atomic E-state index is 11.4. The second-order valence-corrected chi connectivity index (χ2v) is 6.34. The van der Waals surface area contributed by atoms with E-state index in [1.165, 1.54) is 6.42 Å². The predicted octanol–water partition coefficient (Wildman–Crippen LogP) is 4.57. The van der Waals surface area contributed by atoms with Gasteiger partial charge in [0, 0.05) is 6.42 Å². The Labute approximate surface area is 107 Å². The Bertz CT molecular complexity index is 203. The largest absolute Gasteiger partial charge is 0.466 e. The Hall–Kier alpha value is -0.530. The summed E-state index contributed by atoms with van der Waals surface area (Å²) in [6.07, 6.45) is 5.94. The van der Waals surface area contributed by atoms with Crippen LogP contribution in [0.5, 0.6) is 0 Å². The first kappa shape index (κ1) is 16.5. The molecule has 0 radical (unpaired) electrons. The summed E-state index contributed by atoms with van der Waals surface area (Å²) in [6, 6.07) is 0. The molecule has 0 fully saturated rings. The predicted molar refractivity (Wildman–Crippen MR) is 73.0 cm³/mol. The van der Waals surface area contributed by atoms with Crippen molar-refractivity contribution >= 4 is 5.97 Å². The van der Waals surface area contributed by atoms with Gasteiger partial charge in [0.25, 0.3) is 0 Å². The van der Waals surface area contributed by atoms with Crippen LogP contribution in [0.2, 0.25) is 0 Å². The third kappa shape index (κ3) is 11.7. The monoisotopic (exact) mass is 242 g/mol. The second kappa shape index (κ2) is 8.54. The minimum Gasteiger partial charge on any atom is -0.466 e. The van der Waals surface area contributed by atoms with Crippen LogP contribution in [0.4, 0.5) is 0 Å². The number of unbranched alkanes of at least 4 members (excludes halogenated alkanes) is 1. The highest BCUT2D eigenvalue weighted by atomic mass is 16.5. The molecule has 0 aromatic rings. The maximum Gasteiger partial charge on any atom is 0.305 e. The van der Waals surface area contributed by atoms with Crippen molar-refractivity contribution in [3.8, 4) is 0 Å². The molecule has 0 bridgehead atoms. The number of carbonyl (C=O) groups excluding carboxylic acids is 1. The van der Waals surface area contributed by atoms with E-state index in [0.717, 1.165) is 25.7 Å². The van der Waals surface area contributed by atoms with E-state index in [0.29, 0.717) is 24.4 Å². The minimum absolute atomic E-state index is 0.0265. The van der Waals surface area contributed by atoms with Crippen LogP contribution in [0.15, 0.2) is 0 Å². The van der Waals surface area contributed by atoms with Gasteiger partial charge in [-0.05, 0) is 30.6 Å². The summed E-state index contributed by atoms with van der Waals surface area (Å²) < 4.78 is 5.13. The molecule has 0 aromatic carbocycles. The molecule has 0 heterocycles.